The molecule has 3 aromatic rings. The second-order valence-electron chi connectivity index (χ2n) is 5.98. The van der Waals surface area contributed by atoms with Gasteiger partial charge in [-0.2, -0.15) is 0 Å². The van der Waals surface area contributed by atoms with Crippen LogP contribution in [0.5, 0.6) is 34.5 Å². The highest BCUT2D eigenvalue weighted by Gasteiger charge is 2.21. The second kappa shape index (κ2) is 8.17. The Kier molecular flexibility index (Phi) is 5.66. The van der Waals surface area contributed by atoms with Gasteiger partial charge in [0.05, 0.1) is 19.8 Å². The Morgan fingerprint density at radius 2 is 1.55 bits per heavy atom. The molecule has 0 bridgehead atoms. The molecule has 0 fully saturated rings. The molecular weight excluding hydrogens is 388 g/mol. The van der Waals surface area contributed by atoms with Gasteiger partial charge in [-0.3, -0.25) is 4.79 Å². The number of rotatable bonds is 7. The fourth-order valence-electron chi connectivity index (χ4n) is 2.72. The van der Waals surface area contributed by atoms with E-state index in [0.717, 1.165) is 24.3 Å². The van der Waals surface area contributed by atoms with Gasteiger partial charge in [0.15, 0.2) is 17.3 Å². The van der Waals surface area contributed by atoms with Crippen LogP contribution < -0.4 is 10.2 Å². The summed E-state index contributed by atoms with van der Waals surface area (Å²) in [5.41, 5.74) is -1.22. The summed E-state index contributed by atoms with van der Waals surface area (Å²) in [6.07, 6.45) is 0. The number of ether oxygens (including phenoxy) is 2. The van der Waals surface area contributed by atoms with Crippen LogP contribution in [0.4, 0.5) is 0 Å². The van der Waals surface area contributed by atoms with E-state index in [2.05, 4.69) is 0 Å². The Hall–Kier alpha value is -3.63. The highest BCUT2D eigenvalue weighted by molar-refractivity contribution is 5.88. The quantitative estimate of drug-likeness (QED) is 0.315. The number of phenols is 4. The third-order valence-electron chi connectivity index (χ3n) is 3.96. The topological polar surface area (TPSA) is 170 Å². The van der Waals surface area contributed by atoms with Crippen LogP contribution >= 0.6 is 0 Å². The van der Waals surface area contributed by atoms with Gasteiger partial charge < -0.3 is 44.5 Å². The summed E-state index contributed by atoms with van der Waals surface area (Å²) < 4.78 is 15.7. The molecule has 0 unspecified atom stereocenters. The number of aliphatic hydroxyl groups is 1. The van der Waals surface area contributed by atoms with Crippen LogP contribution in [0.1, 0.15) is 0 Å². The summed E-state index contributed by atoms with van der Waals surface area (Å²) in [4.78, 5) is 12.4. The van der Waals surface area contributed by atoms with Crippen molar-refractivity contribution in [2.45, 2.75) is 0 Å². The van der Waals surface area contributed by atoms with Gasteiger partial charge in [-0.05, 0) is 12.1 Å². The lowest BCUT2D eigenvalue weighted by Crippen LogP contribution is -2.09. The van der Waals surface area contributed by atoms with E-state index in [0.29, 0.717) is 0 Å². The zero-order valence-electron chi connectivity index (χ0n) is 15.0. The molecule has 1 heterocycles. The van der Waals surface area contributed by atoms with Gasteiger partial charge in [0.25, 0.3) is 0 Å². The van der Waals surface area contributed by atoms with Crippen molar-refractivity contribution in [3.63, 3.8) is 0 Å². The van der Waals surface area contributed by atoms with Crippen LogP contribution in [0.25, 0.3) is 22.3 Å². The molecule has 0 saturated carbocycles. The van der Waals surface area contributed by atoms with Crippen molar-refractivity contribution in [1.82, 2.24) is 0 Å². The first kappa shape index (κ1) is 20.1. The largest absolute Gasteiger partial charge is 0.508 e. The van der Waals surface area contributed by atoms with Gasteiger partial charge in [-0.25, -0.2) is 0 Å². The van der Waals surface area contributed by atoms with E-state index in [1.807, 2.05) is 0 Å². The number of hydrogen-bond donors (Lipinski definition) is 6. The third-order valence-corrected chi connectivity index (χ3v) is 3.96. The first-order valence-corrected chi connectivity index (χ1v) is 8.43. The summed E-state index contributed by atoms with van der Waals surface area (Å²) >= 11 is 0. The minimum absolute atomic E-state index is 0.0185. The van der Waals surface area contributed by atoms with Gasteiger partial charge in [0.1, 0.15) is 29.1 Å². The maximum atomic E-state index is 12.4. The van der Waals surface area contributed by atoms with E-state index in [9.17, 15) is 30.3 Å². The van der Waals surface area contributed by atoms with E-state index in [4.69, 9.17) is 19.0 Å². The summed E-state index contributed by atoms with van der Waals surface area (Å²) in [6, 6.07) is 4.18. The first-order valence-electron chi connectivity index (χ1n) is 8.43. The molecule has 3 rings (SSSR count). The molecule has 0 radical (unpaired) electrons. The molecule has 154 valence electrons. The summed E-state index contributed by atoms with van der Waals surface area (Å²) in [7, 11) is 0. The summed E-state index contributed by atoms with van der Waals surface area (Å²) in [5.74, 6) is -3.44. The molecule has 0 spiro atoms. The van der Waals surface area contributed by atoms with E-state index >= 15 is 0 Å². The Labute approximate surface area is 163 Å². The third kappa shape index (κ3) is 3.98. The van der Waals surface area contributed by atoms with Crippen LogP contribution in [0, 0.1) is 0 Å². The zero-order chi connectivity index (χ0) is 21.1. The van der Waals surface area contributed by atoms with Crippen molar-refractivity contribution in [3.8, 4) is 45.8 Å². The number of benzene rings is 2. The molecule has 1 aromatic heterocycles. The predicted octanol–water partition coefficient (Wildman–Crippen LogP) is 1.38. The normalized spacial score (nSPS) is 11.1. The minimum atomic E-state index is -0.959. The molecule has 0 aliphatic heterocycles. The van der Waals surface area contributed by atoms with Gasteiger partial charge >= 0.3 is 0 Å². The molecule has 10 nitrogen and oxygen atoms in total. The number of aliphatic hydroxyl groups excluding tert-OH is 1. The molecule has 0 aliphatic rings. The van der Waals surface area contributed by atoms with Crippen LogP contribution in [0.15, 0.2) is 33.5 Å². The fraction of sp³-hybridized carbons (Fsp3) is 0.211. The zero-order valence-corrected chi connectivity index (χ0v) is 15.0. The smallest absolute Gasteiger partial charge is 0.238 e. The average molecular weight is 406 g/mol. The van der Waals surface area contributed by atoms with Gasteiger partial charge in [0, 0.05) is 17.7 Å². The Bertz CT molecular complexity index is 1080. The van der Waals surface area contributed by atoms with Crippen LogP contribution in [-0.4, -0.2) is 57.1 Å². The van der Waals surface area contributed by atoms with Crippen LogP contribution in [-0.2, 0) is 4.74 Å². The van der Waals surface area contributed by atoms with E-state index in [1.165, 1.54) is 0 Å². The summed E-state index contributed by atoms with van der Waals surface area (Å²) in [5, 5.41) is 58.2. The number of aromatic hydroxyl groups is 5. The highest BCUT2D eigenvalue weighted by Crippen LogP contribution is 2.42. The lowest BCUT2D eigenvalue weighted by atomic mass is 10.1. The molecule has 2 aromatic carbocycles. The van der Waals surface area contributed by atoms with Crippen LogP contribution in [0.2, 0.25) is 0 Å². The molecular formula is C19H18O10. The predicted molar refractivity (Wildman–Crippen MR) is 99.6 cm³/mol. The van der Waals surface area contributed by atoms with Gasteiger partial charge in [-0.15, -0.1) is 0 Å². The molecule has 10 heteroatoms. The molecule has 0 atom stereocenters. The standard InChI is InChI=1S/C19H18O10/c20-1-2-27-3-4-28-19-12(23)5-9(6-13(19)24)18-17(26)16(25)15-11(22)7-10(21)8-14(15)29-18/h5-8,20-24,26H,1-4H2. The molecule has 0 saturated heterocycles. The summed E-state index contributed by atoms with van der Waals surface area (Å²) in [6.45, 7) is 0.0523. The Balaban J connectivity index is 2.00. The number of hydrogen-bond acceptors (Lipinski definition) is 10. The van der Waals surface area contributed by atoms with Gasteiger partial charge in [0.2, 0.25) is 16.9 Å². The molecule has 29 heavy (non-hydrogen) atoms. The molecule has 0 aliphatic carbocycles. The van der Waals surface area contributed by atoms with Crippen molar-refractivity contribution in [3.05, 3.63) is 34.5 Å². The van der Waals surface area contributed by atoms with Crippen LogP contribution in [0.3, 0.4) is 0 Å². The number of phenolic OH excluding ortho intramolecular Hbond substituents is 4. The van der Waals surface area contributed by atoms with Crippen molar-refractivity contribution in [2.24, 2.45) is 0 Å². The molecule has 0 amide bonds. The van der Waals surface area contributed by atoms with Crippen molar-refractivity contribution < 1.29 is 44.5 Å². The van der Waals surface area contributed by atoms with E-state index in [-0.39, 0.29) is 54.5 Å². The minimum Gasteiger partial charge on any atom is -0.508 e. The maximum absolute atomic E-state index is 12.4. The Morgan fingerprint density at radius 3 is 2.21 bits per heavy atom. The van der Waals surface area contributed by atoms with Crippen molar-refractivity contribution >= 4 is 11.0 Å². The lowest BCUT2D eigenvalue weighted by Gasteiger charge is -2.12. The SMILES string of the molecule is O=c1c(O)c(-c2cc(O)c(OCCOCCO)c(O)c2)oc2cc(O)cc(O)c12. The monoisotopic (exact) mass is 406 g/mol. The van der Waals surface area contributed by atoms with E-state index < -0.39 is 34.2 Å². The fourth-order valence-corrected chi connectivity index (χ4v) is 2.72. The van der Waals surface area contributed by atoms with Crippen molar-refractivity contribution in [2.75, 3.05) is 26.4 Å². The highest BCUT2D eigenvalue weighted by atomic mass is 16.5. The second-order valence-corrected chi connectivity index (χ2v) is 5.98. The average Bonchev–Trinajstić information content (AvgIpc) is 2.65. The van der Waals surface area contributed by atoms with Crippen molar-refractivity contribution in [1.29, 1.82) is 0 Å². The maximum Gasteiger partial charge on any atom is 0.238 e. The molecule has 6 N–H and O–H groups in total. The van der Waals surface area contributed by atoms with E-state index in [1.54, 1.807) is 0 Å². The lowest BCUT2D eigenvalue weighted by molar-refractivity contribution is 0.0692. The first-order chi connectivity index (χ1) is 13.8. The Morgan fingerprint density at radius 1 is 0.862 bits per heavy atom. The van der Waals surface area contributed by atoms with Gasteiger partial charge in [-0.1, -0.05) is 0 Å². The number of fused-ring (bicyclic) bond motifs is 1.